The lowest BCUT2D eigenvalue weighted by atomic mass is 9.91. The van der Waals surface area contributed by atoms with Gasteiger partial charge in [0, 0.05) is 23.8 Å². The molecule has 0 radical (unpaired) electrons. The molecular formula is C15H27N3O. The lowest BCUT2D eigenvalue weighted by Crippen LogP contribution is -2.49. The maximum Gasteiger partial charge on any atom is 0.0951 e. The fourth-order valence-electron chi connectivity index (χ4n) is 2.61. The highest BCUT2D eigenvalue weighted by Gasteiger charge is 2.33. The van der Waals surface area contributed by atoms with Gasteiger partial charge in [-0.15, -0.1) is 0 Å². The van der Waals surface area contributed by atoms with Crippen molar-refractivity contribution < 1.29 is 5.11 Å². The Morgan fingerprint density at radius 1 is 1.47 bits per heavy atom. The Bertz CT molecular complexity index is 406. The Morgan fingerprint density at radius 3 is 2.68 bits per heavy atom. The van der Waals surface area contributed by atoms with Crippen LogP contribution in [0, 0.1) is 13.8 Å². The molecule has 1 aliphatic carbocycles. The van der Waals surface area contributed by atoms with Gasteiger partial charge < -0.3 is 15.0 Å². The summed E-state index contributed by atoms with van der Waals surface area (Å²) in [7, 11) is 0. The minimum absolute atomic E-state index is 0.0787. The van der Waals surface area contributed by atoms with Crippen molar-refractivity contribution in [2.75, 3.05) is 6.61 Å². The number of aliphatic hydroxyl groups excluding tert-OH is 1. The van der Waals surface area contributed by atoms with E-state index in [1.54, 1.807) is 0 Å². The first-order valence-corrected chi connectivity index (χ1v) is 7.47. The van der Waals surface area contributed by atoms with Crippen molar-refractivity contribution >= 4 is 0 Å². The van der Waals surface area contributed by atoms with Crippen LogP contribution in [0.3, 0.4) is 0 Å². The molecule has 1 unspecified atom stereocenters. The summed E-state index contributed by atoms with van der Waals surface area (Å²) in [5, 5.41) is 13.4. The van der Waals surface area contributed by atoms with E-state index >= 15 is 0 Å². The van der Waals surface area contributed by atoms with Crippen molar-refractivity contribution in [3.8, 4) is 0 Å². The van der Waals surface area contributed by atoms with Gasteiger partial charge in [-0.05, 0) is 46.0 Å². The Labute approximate surface area is 116 Å². The van der Waals surface area contributed by atoms with Gasteiger partial charge in [0.05, 0.1) is 18.6 Å². The van der Waals surface area contributed by atoms with Gasteiger partial charge in [0.15, 0.2) is 0 Å². The summed E-state index contributed by atoms with van der Waals surface area (Å²) in [5.74, 6) is 0. The standard InChI is InChI=1S/C15H27N3O/c1-4-15(10-19,17-14-6-7-14)8-5-9-18-11-16-12(2)13(18)3/h11,14,17,19H,4-10H2,1-3H3. The second-order valence-electron chi connectivity index (χ2n) is 5.92. The maximum absolute atomic E-state index is 9.73. The smallest absolute Gasteiger partial charge is 0.0951 e. The molecule has 0 saturated heterocycles. The van der Waals surface area contributed by atoms with Crippen LogP contribution in [0.2, 0.25) is 0 Å². The Morgan fingerprint density at radius 2 is 2.21 bits per heavy atom. The average molecular weight is 265 g/mol. The Balaban J connectivity index is 1.86. The predicted octanol–water partition coefficient (Wildman–Crippen LogP) is 2.17. The van der Waals surface area contributed by atoms with Crippen LogP contribution in [-0.2, 0) is 6.54 Å². The van der Waals surface area contributed by atoms with Gasteiger partial charge in [-0.1, -0.05) is 6.92 Å². The zero-order chi connectivity index (χ0) is 13.9. The summed E-state index contributed by atoms with van der Waals surface area (Å²) in [6, 6.07) is 0.643. The van der Waals surface area contributed by atoms with E-state index in [2.05, 4.69) is 28.7 Å². The summed E-state index contributed by atoms with van der Waals surface area (Å²) in [6.45, 7) is 7.55. The maximum atomic E-state index is 9.73. The van der Waals surface area contributed by atoms with Crippen molar-refractivity contribution in [3.05, 3.63) is 17.7 Å². The molecule has 1 heterocycles. The third kappa shape index (κ3) is 3.57. The molecule has 0 amide bonds. The Hall–Kier alpha value is -0.870. The molecule has 0 aromatic carbocycles. The van der Waals surface area contributed by atoms with Gasteiger partial charge in [0.1, 0.15) is 0 Å². The molecule has 2 N–H and O–H groups in total. The number of imidazole rings is 1. The number of nitrogens with zero attached hydrogens (tertiary/aromatic N) is 2. The lowest BCUT2D eigenvalue weighted by molar-refractivity contribution is 0.141. The first-order chi connectivity index (χ1) is 9.10. The van der Waals surface area contributed by atoms with Crippen LogP contribution in [-0.4, -0.2) is 32.8 Å². The summed E-state index contributed by atoms with van der Waals surface area (Å²) in [6.07, 6.45) is 7.54. The summed E-state index contributed by atoms with van der Waals surface area (Å²) < 4.78 is 2.21. The highest BCUT2D eigenvalue weighted by molar-refractivity contribution is 5.08. The molecule has 108 valence electrons. The van der Waals surface area contributed by atoms with Gasteiger partial charge in [-0.2, -0.15) is 0 Å². The monoisotopic (exact) mass is 265 g/mol. The third-order valence-corrected chi connectivity index (χ3v) is 4.47. The number of hydrogen-bond donors (Lipinski definition) is 2. The molecule has 19 heavy (non-hydrogen) atoms. The minimum atomic E-state index is -0.0787. The van der Waals surface area contributed by atoms with Crippen molar-refractivity contribution in [1.29, 1.82) is 0 Å². The highest BCUT2D eigenvalue weighted by atomic mass is 16.3. The molecule has 2 rings (SSSR count). The third-order valence-electron chi connectivity index (χ3n) is 4.47. The molecule has 1 fully saturated rings. The quantitative estimate of drug-likeness (QED) is 0.757. The van der Waals surface area contributed by atoms with Gasteiger partial charge >= 0.3 is 0 Å². The number of nitrogens with one attached hydrogen (secondary N) is 1. The molecule has 0 aliphatic heterocycles. The second-order valence-corrected chi connectivity index (χ2v) is 5.92. The number of aromatic nitrogens is 2. The Kier molecular flexibility index (Phi) is 4.63. The topological polar surface area (TPSA) is 50.1 Å². The van der Waals surface area contributed by atoms with Crippen LogP contribution >= 0.6 is 0 Å². The van der Waals surface area contributed by atoms with E-state index in [0.29, 0.717) is 6.04 Å². The van der Waals surface area contributed by atoms with Crippen LogP contribution in [0.4, 0.5) is 0 Å². The van der Waals surface area contributed by atoms with Gasteiger partial charge in [0.25, 0.3) is 0 Å². The fourth-order valence-corrected chi connectivity index (χ4v) is 2.61. The number of aliphatic hydroxyl groups is 1. The molecule has 4 heteroatoms. The molecule has 1 aromatic heterocycles. The summed E-state index contributed by atoms with van der Waals surface area (Å²) >= 11 is 0. The largest absolute Gasteiger partial charge is 0.394 e. The normalized spacial score (nSPS) is 18.5. The second kappa shape index (κ2) is 6.06. The van der Waals surface area contributed by atoms with E-state index in [9.17, 15) is 5.11 Å². The van der Waals surface area contributed by atoms with Gasteiger partial charge in [-0.25, -0.2) is 4.98 Å². The van der Waals surface area contributed by atoms with Gasteiger partial charge in [-0.3, -0.25) is 0 Å². The summed E-state index contributed by atoms with van der Waals surface area (Å²) in [5.41, 5.74) is 2.28. The molecule has 0 spiro atoms. The van der Waals surface area contributed by atoms with E-state index in [1.165, 1.54) is 18.5 Å². The molecule has 1 aliphatic rings. The van der Waals surface area contributed by atoms with E-state index in [0.717, 1.165) is 31.5 Å². The summed E-state index contributed by atoms with van der Waals surface area (Å²) in [4.78, 5) is 4.33. The molecule has 1 aromatic rings. The zero-order valence-electron chi connectivity index (χ0n) is 12.4. The van der Waals surface area contributed by atoms with Crippen molar-refractivity contribution in [1.82, 2.24) is 14.9 Å². The number of hydrogen-bond acceptors (Lipinski definition) is 3. The fraction of sp³-hybridized carbons (Fsp3) is 0.800. The van der Waals surface area contributed by atoms with Crippen molar-refractivity contribution in [3.63, 3.8) is 0 Å². The van der Waals surface area contributed by atoms with E-state index in [-0.39, 0.29) is 12.1 Å². The van der Waals surface area contributed by atoms with Gasteiger partial charge in [0.2, 0.25) is 0 Å². The highest BCUT2D eigenvalue weighted by Crippen LogP contribution is 2.27. The number of rotatable bonds is 8. The van der Waals surface area contributed by atoms with E-state index in [1.807, 2.05) is 13.3 Å². The van der Waals surface area contributed by atoms with E-state index < -0.39 is 0 Å². The first-order valence-electron chi connectivity index (χ1n) is 7.47. The average Bonchev–Trinajstić information content (AvgIpc) is 3.18. The first kappa shape index (κ1) is 14.5. The van der Waals surface area contributed by atoms with Crippen LogP contribution < -0.4 is 5.32 Å². The van der Waals surface area contributed by atoms with Crippen LogP contribution in [0.15, 0.2) is 6.33 Å². The SMILES string of the molecule is CCC(CO)(CCCn1cnc(C)c1C)NC1CC1. The van der Waals surface area contributed by atoms with E-state index in [4.69, 9.17) is 0 Å². The minimum Gasteiger partial charge on any atom is -0.394 e. The molecule has 1 atom stereocenters. The van der Waals surface area contributed by atoms with Crippen LogP contribution in [0.25, 0.3) is 0 Å². The lowest BCUT2D eigenvalue weighted by Gasteiger charge is -2.32. The molecule has 0 bridgehead atoms. The van der Waals surface area contributed by atoms with Crippen molar-refractivity contribution in [2.24, 2.45) is 0 Å². The van der Waals surface area contributed by atoms with Crippen molar-refractivity contribution in [2.45, 2.75) is 71.0 Å². The predicted molar refractivity (Wildman–Crippen MR) is 77.2 cm³/mol. The zero-order valence-corrected chi connectivity index (χ0v) is 12.4. The van der Waals surface area contributed by atoms with Crippen LogP contribution in [0.1, 0.15) is 50.4 Å². The van der Waals surface area contributed by atoms with Crippen LogP contribution in [0.5, 0.6) is 0 Å². The number of aryl methyl sites for hydroxylation is 2. The molecule has 4 nitrogen and oxygen atoms in total. The molecule has 1 saturated carbocycles. The molecular weight excluding hydrogens is 238 g/mol.